The lowest BCUT2D eigenvalue weighted by atomic mass is 10.1. The summed E-state index contributed by atoms with van der Waals surface area (Å²) in [7, 11) is 0. The van der Waals surface area contributed by atoms with E-state index in [1.54, 1.807) is 30.9 Å². The maximum absolute atomic E-state index is 13.7. The molecule has 1 saturated carbocycles. The van der Waals surface area contributed by atoms with Crippen LogP contribution in [0.3, 0.4) is 0 Å². The van der Waals surface area contributed by atoms with Crippen LogP contribution in [0.2, 0.25) is 0 Å². The third-order valence-electron chi connectivity index (χ3n) is 5.69. The molecule has 1 aliphatic rings. The summed E-state index contributed by atoms with van der Waals surface area (Å²) in [5.74, 6) is 0.351. The van der Waals surface area contributed by atoms with Crippen LogP contribution in [0.25, 0.3) is 28.1 Å². The number of nitrogens with one attached hydrogen (secondary N) is 1. The number of nitrogens with zero attached hydrogens (tertiary/aromatic N) is 6. The van der Waals surface area contributed by atoms with Crippen LogP contribution >= 0.6 is 0 Å². The van der Waals surface area contributed by atoms with Gasteiger partial charge < -0.3 is 15.2 Å². The van der Waals surface area contributed by atoms with E-state index in [9.17, 15) is 18.7 Å². The second kappa shape index (κ2) is 9.26. The maximum Gasteiger partial charge on any atom is 0.387 e. The van der Waals surface area contributed by atoms with Gasteiger partial charge in [-0.05, 0) is 57.4 Å². The molecule has 0 radical (unpaired) electrons. The number of anilines is 1. The van der Waals surface area contributed by atoms with Crippen molar-refractivity contribution in [1.29, 1.82) is 0 Å². The fourth-order valence-electron chi connectivity index (χ4n) is 3.66. The average molecular weight is 498 g/mol. The summed E-state index contributed by atoms with van der Waals surface area (Å²) in [4.78, 5) is 27.1. The quantitative estimate of drug-likeness (QED) is 0.361. The zero-order valence-corrected chi connectivity index (χ0v) is 19.7. The van der Waals surface area contributed by atoms with Gasteiger partial charge >= 0.3 is 6.61 Å². The van der Waals surface area contributed by atoms with Crippen LogP contribution in [-0.2, 0) is 6.54 Å². The number of halogens is 2. The molecule has 0 bridgehead atoms. The van der Waals surface area contributed by atoms with Gasteiger partial charge in [0.25, 0.3) is 5.56 Å². The molecule has 3 heterocycles. The van der Waals surface area contributed by atoms with Crippen molar-refractivity contribution in [2.45, 2.75) is 57.9 Å². The van der Waals surface area contributed by atoms with E-state index in [-0.39, 0.29) is 17.1 Å². The minimum absolute atomic E-state index is 0.0285. The molecule has 12 heteroatoms. The molecule has 4 aromatic rings. The predicted molar refractivity (Wildman–Crippen MR) is 128 cm³/mol. The lowest BCUT2D eigenvalue weighted by Gasteiger charge is -2.16. The number of ether oxygens (including phenoxy) is 1. The van der Waals surface area contributed by atoms with Crippen molar-refractivity contribution in [3.05, 3.63) is 53.2 Å². The monoisotopic (exact) mass is 497 g/mol. The van der Waals surface area contributed by atoms with E-state index < -0.39 is 17.8 Å². The van der Waals surface area contributed by atoms with E-state index in [2.05, 4.69) is 30.1 Å². The number of rotatable bonds is 9. The smallest absolute Gasteiger partial charge is 0.387 e. The summed E-state index contributed by atoms with van der Waals surface area (Å²) in [6.07, 6.45) is 7.28. The van der Waals surface area contributed by atoms with Crippen LogP contribution in [0.4, 0.5) is 14.7 Å². The van der Waals surface area contributed by atoms with Crippen molar-refractivity contribution >= 4 is 17.1 Å². The highest BCUT2D eigenvalue weighted by atomic mass is 19.3. The van der Waals surface area contributed by atoms with Crippen molar-refractivity contribution in [3.8, 4) is 22.7 Å². The normalized spacial score (nSPS) is 13.9. The summed E-state index contributed by atoms with van der Waals surface area (Å²) in [6, 6.07) is 6.03. The van der Waals surface area contributed by atoms with Gasteiger partial charge in [-0.25, -0.2) is 9.97 Å². The second-order valence-corrected chi connectivity index (χ2v) is 9.35. The number of hydrogen-bond donors (Lipinski definition) is 2. The molecule has 36 heavy (non-hydrogen) atoms. The fraction of sp³-hybridized carbons (Fsp3) is 0.375. The van der Waals surface area contributed by atoms with Gasteiger partial charge in [-0.3, -0.25) is 14.0 Å². The molecule has 3 aromatic heterocycles. The van der Waals surface area contributed by atoms with Gasteiger partial charge in [0.05, 0.1) is 23.7 Å². The minimum atomic E-state index is -2.95. The average Bonchev–Trinajstić information content (AvgIpc) is 3.50. The summed E-state index contributed by atoms with van der Waals surface area (Å²) in [5, 5.41) is 17.5. The Morgan fingerprint density at radius 3 is 2.61 bits per heavy atom. The molecule has 10 nitrogen and oxygen atoms in total. The van der Waals surface area contributed by atoms with E-state index in [4.69, 9.17) is 0 Å². The molecule has 5 rings (SSSR count). The van der Waals surface area contributed by atoms with Crippen molar-refractivity contribution < 1.29 is 18.6 Å². The number of aromatic nitrogens is 6. The molecule has 2 N–H and O–H groups in total. The van der Waals surface area contributed by atoms with Crippen LogP contribution in [-0.4, -0.2) is 52.7 Å². The molecule has 1 fully saturated rings. The van der Waals surface area contributed by atoms with Crippen LogP contribution in [0.5, 0.6) is 5.75 Å². The first kappa shape index (κ1) is 23.8. The summed E-state index contributed by atoms with van der Waals surface area (Å²) >= 11 is 0. The van der Waals surface area contributed by atoms with Crippen LogP contribution < -0.4 is 15.6 Å². The molecule has 0 atom stereocenters. The second-order valence-electron chi connectivity index (χ2n) is 9.35. The third kappa shape index (κ3) is 5.33. The van der Waals surface area contributed by atoms with Gasteiger partial charge in [-0.1, -0.05) is 0 Å². The van der Waals surface area contributed by atoms with Gasteiger partial charge in [0.1, 0.15) is 17.0 Å². The Morgan fingerprint density at radius 2 is 1.94 bits per heavy atom. The summed E-state index contributed by atoms with van der Waals surface area (Å²) in [5.41, 5.74) is 0.371. The molecule has 188 valence electrons. The van der Waals surface area contributed by atoms with Crippen molar-refractivity contribution in [2.75, 3.05) is 5.32 Å². The van der Waals surface area contributed by atoms with E-state index >= 15 is 0 Å². The van der Waals surface area contributed by atoms with Gasteiger partial charge in [0, 0.05) is 24.3 Å². The first-order valence-electron chi connectivity index (χ1n) is 11.5. The Bertz CT molecular complexity index is 1440. The van der Waals surface area contributed by atoms with Crippen molar-refractivity contribution in [3.63, 3.8) is 0 Å². The number of hydrogen-bond acceptors (Lipinski definition) is 8. The van der Waals surface area contributed by atoms with Gasteiger partial charge in [0.15, 0.2) is 5.65 Å². The molecule has 0 amide bonds. The third-order valence-corrected chi connectivity index (χ3v) is 5.69. The molecule has 0 unspecified atom stereocenters. The van der Waals surface area contributed by atoms with E-state index in [1.165, 1.54) is 35.0 Å². The predicted octanol–water partition coefficient (Wildman–Crippen LogP) is 3.38. The maximum atomic E-state index is 13.7. The Morgan fingerprint density at radius 1 is 1.19 bits per heavy atom. The number of aliphatic hydroxyl groups is 1. The van der Waals surface area contributed by atoms with Gasteiger partial charge in [0.2, 0.25) is 5.95 Å². The molecule has 0 aliphatic heterocycles. The Kier molecular flexibility index (Phi) is 6.12. The minimum Gasteiger partial charge on any atom is -0.435 e. The zero-order chi connectivity index (χ0) is 25.4. The van der Waals surface area contributed by atoms with Crippen LogP contribution in [0.1, 0.15) is 33.1 Å². The summed E-state index contributed by atoms with van der Waals surface area (Å²) in [6.45, 7) is 0.926. The zero-order valence-electron chi connectivity index (χ0n) is 19.7. The highest BCUT2D eigenvalue weighted by molar-refractivity contribution is 5.76. The van der Waals surface area contributed by atoms with Gasteiger partial charge in [-0.15, -0.1) is 0 Å². The highest BCUT2D eigenvalue weighted by Gasteiger charge is 2.23. The lowest BCUT2D eigenvalue weighted by Crippen LogP contribution is -2.23. The van der Waals surface area contributed by atoms with Crippen molar-refractivity contribution in [1.82, 2.24) is 29.3 Å². The van der Waals surface area contributed by atoms with Crippen LogP contribution in [0.15, 0.2) is 47.7 Å². The standard InChI is InChI=1S/C24H25F2N7O3/c1-24(2,35)9-10-32-13-14(11-28-32)19-21(34)33(16-5-7-17(8-6-16)36-22(25)26)20-18(30-19)12-27-23(31-20)29-15-3-4-15/h5-8,11-13,15,22,35H,3-4,9-10H2,1-2H3,(H,27,29,31). The van der Waals surface area contributed by atoms with E-state index in [0.717, 1.165) is 12.8 Å². The molecular weight excluding hydrogens is 472 g/mol. The lowest BCUT2D eigenvalue weighted by molar-refractivity contribution is -0.0498. The topological polar surface area (TPSA) is 120 Å². The van der Waals surface area contributed by atoms with E-state index in [0.29, 0.717) is 41.7 Å². The first-order chi connectivity index (χ1) is 17.2. The number of aryl methyl sites for hydroxylation is 1. The van der Waals surface area contributed by atoms with E-state index in [1.807, 2.05) is 0 Å². The molecule has 0 saturated heterocycles. The Hall–Kier alpha value is -3.93. The Balaban J connectivity index is 1.60. The van der Waals surface area contributed by atoms with Crippen molar-refractivity contribution in [2.24, 2.45) is 0 Å². The first-order valence-corrected chi connectivity index (χ1v) is 11.5. The fourth-order valence-corrected chi connectivity index (χ4v) is 3.66. The number of benzene rings is 1. The van der Waals surface area contributed by atoms with Crippen LogP contribution in [0, 0.1) is 0 Å². The number of alkyl halides is 2. The summed E-state index contributed by atoms with van der Waals surface area (Å²) < 4.78 is 32.7. The molecular formula is C24H25F2N7O3. The molecule has 1 aliphatic carbocycles. The molecule has 0 spiro atoms. The number of fused-ring (bicyclic) bond motifs is 1. The van der Waals surface area contributed by atoms with Gasteiger partial charge in [-0.2, -0.15) is 18.9 Å². The largest absolute Gasteiger partial charge is 0.435 e. The Labute approximate surface area is 204 Å². The molecule has 1 aromatic carbocycles. The SMILES string of the molecule is CC(C)(O)CCn1cc(-c2nc3cnc(NC4CC4)nc3n(-c3ccc(OC(F)F)cc3)c2=O)cn1. The highest BCUT2D eigenvalue weighted by Crippen LogP contribution is 2.25.